The van der Waals surface area contributed by atoms with Gasteiger partial charge in [0.25, 0.3) is 0 Å². The van der Waals surface area contributed by atoms with Crippen LogP contribution in [0.2, 0.25) is 5.02 Å². The molecule has 4 heteroatoms. The van der Waals surface area contributed by atoms with E-state index in [0.717, 1.165) is 42.3 Å². The summed E-state index contributed by atoms with van der Waals surface area (Å²) in [6, 6.07) is 5.61. The first kappa shape index (κ1) is 12.7. The number of hydrogen-bond acceptors (Lipinski definition) is 3. The molecule has 0 bridgehead atoms. The summed E-state index contributed by atoms with van der Waals surface area (Å²) in [5.41, 5.74) is 7.68. The smallest absolute Gasteiger partial charge is 0.0590 e. The lowest BCUT2D eigenvalue weighted by atomic mass is 9.96. The number of anilines is 1. The number of likely N-dealkylation sites (tertiary alicyclic amines) is 1. The number of hydrogen-bond donors (Lipinski definition) is 2. The lowest BCUT2D eigenvalue weighted by molar-refractivity contribution is 0.0321. The molecule has 1 aliphatic heterocycles. The predicted octanol–water partition coefficient (Wildman–Crippen LogP) is 2.12. The Morgan fingerprint density at radius 2 is 2.29 bits per heavy atom. The average Bonchev–Trinajstić information content (AvgIpc) is 2.28. The van der Waals surface area contributed by atoms with Crippen LogP contribution in [0.4, 0.5) is 5.69 Å². The average molecular weight is 255 g/mol. The molecule has 0 spiro atoms. The van der Waals surface area contributed by atoms with E-state index < -0.39 is 0 Å². The second-order valence-corrected chi connectivity index (χ2v) is 5.28. The zero-order chi connectivity index (χ0) is 12.4. The van der Waals surface area contributed by atoms with Gasteiger partial charge in [-0.05, 0) is 24.5 Å². The van der Waals surface area contributed by atoms with Crippen molar-refractivity contribution >= 4 is 17.3 Å². The van der Waals surface area contributed by atoms with Crippen molar-refractivity contribution in [3.8, 4) is 0 Å². The van der Waals surface area contributed by atoms with Crippen molar-refractivity contribution in [1.82, 2.24) is 4.90 Å². The van der Waals surface area contributed by atoms with Crippen LogP contribution in [-0.2, 0) is 6.54 Å². The molecule has 1 aromatic carbocycles. The van der Waals surface area contributed by atoms with Crippen molar-refractivity contribution in [2.75, 3.05) is 18.8 Å². The number of aliphatic hydroxyl groups excluding tert-OH is 1. The fourth-order valence-electron chi connectivity index (χ4n) is 2.33. The second-order valence-electron chi connectivity index (χ2n) is 4.88. The van der Waals surface area contributed by atoms with Gasteiger partial charge in [0.05, 0.1) is 6.10 Å². The highest BCUT2D eigenvalue weighted by molar-refractivity contribution is 6.31. The molecule has 1 aromatic rings. The monoisotopic (exact) mass is 254 g/mol. The van der Waals surface area contributed by atoms with Crippen molar-refractivity contribution < 1.29 is 5.11 Å². The van der Waals surface area contributed by atoms with Crippen molar-refractivity contribution in [3.05, 3.63) is 28.8 Å². The minimum Gasteiger partial charge on any atom is -0.398 e. The fraction of sp³-hybridized carbons (Fsp3) is 0.538. The Morgan fingerprint density at radius 3 is 2.94 bits per heavy atom. The van der Waals surface area contributed by atoms with Crippen molar-refractivity contribution in [3.63, 3.8) is 0 Å². The van der Waals surface area contributed by atoms with Gasteiger partial charge in [-0.1, -0.05) is 24.6 Å². The van der Waals surface area contributed by atoms with Crippen LogP contribution in [-0.4, -0.2) is 29.2 Å². The molecule has 0 radical (unpaired) electrons. The maximum atomic E-state index is 9.69. The number of nitrogens with zero attached hydrogens (tertiary/aromatic N) is 1. The van der Waals surface area contributed by atoms with Gasteiger partial charge in [0.1, 0.15) is 0 Å². The molecule has 94 valence electrons. The molecule has 1 fully saturated rings. The van der Waals surface area contributed by atoms with Gasteiger partial charge in [-0.25, -0.2) is 0 Å². The van der Waals surface area contributed by atoms with Crippen LogP contribution < -0.4 is 5.73 Å². The van der Waals surface area contributed by atoms with Crippen LogP contribution >= 0.6 is 11.6 Å². The highest BCUT2D eigenvalue weighted by Crippen LogP contribution is 2.26. The van der Waals surface area contributed by atoms with Gasteiger partial charge in [-0.2, -0.15) is 0 Å². The minimum atomic E-state index is -0.171. The van der Waals surface area contributed by atoms with E-state index >= 15 is 0 Å². The Kier molecular flexibility index (Phi) is 3.92. The number of benzene rings is 1. The Balaban J connectivity index is 2.06. The van der Waals surface area contributed by atoms with E-state index in [0.29, 0.717) is 5.92 Å². The molecule has 2 unspecified atom stereocenters. The standard InChI is InChI=1S/C13H19ClN2O/c1-9-7-16(6-5-13(9)17)8-10-11(14)3-2-4-12(10)15/h2-4,9,13,17H,5-8,15H2,1H3. The largest absolute Gasteiger partial charge is 0.398 e. The Hall–Kier alpha value is -0.770. The van der Waals surface area contributed by atoms with Gasteiger partial charge in [-0.15, -0.1) is 0 Å². The van der Waals surface area contributed by atoms with Crippen LogP contribution in [0.3, 0.4) is 0 Å². The number of halogens is 1. The summed E-state index contributed by atoms with van der Waals surface area (Å²) in [6.07, 6.45) is 0.653. The third-order valence-corrected chi connectivity index (χ3v) is 3.84. The van der Waals surface area contributed by atoms with E-state index in [2.05, 4.69) is 11.8 Å². The molecule has 0 aliphatic carbocycles. The van der Waals surface area contributed by atoms with Gasteiger partial charge in [0.2, 0.25) is 0 Å². The van der Waals surface area contributed by atoms with Gasteiger partial charge in [-0.3, -0.25) is 4.90 Å². The molecule has 2 atom stereocenters. The molecule has 1 heterocycles. The molecule has 0 aromatic heterocycles. The molecule has 3 nitrogen and oxygen atoms in total. The van der Waals surface area contributed by atoms with Crippen LogP contribution in [0.5, 0.6) is 0 Å². The zero-order valence-corrected chi connectivity index (χ0v) is 10.8. The van der Waals surface area contributed by atoms with Crippen molar-refractivity contribution in [2.24, 2.45) is 5.92 Å². The van der Waals surface area contributed by atoms with E-state index in [1.54, 1.807) is 0 Å². The summed E-state index contributed by atoms with van der Waals surface area (Å²) in [6.45, 7) is 4.64. The van der Waals surface area contributed by atoms with Crippen LogP contribution in [0.15, 0.2) is 18.2 Å². The fourth-order valence-corrected chi connectivity index (χ4v) is 2.57. The van der Waals surface area contributed by atoms with E-state index in [1.807, 2.05) is 18.2 Å². The van der Waals surface area contributed by atoms with E-state index in [9.17, 15) is 5.11 Å². The van der Waals surface area contributed by atoms with E-state index in [-0.39, 0.29) is 6.10 Å². The van der Waals surface area contributed by atoms with Crippen LogP contribution in [0.25, 0.3) is 0 Å². The molecular formula is C13H19ClN2O. The lowest BCUT2D eigenvalue weighted by Gasteiger charge is -2.34. The van der Waals surface area contributed by atoms with E-state index in [4.69, 9.17) is 17.3 Å². The summed E-state index contributed by atoms with van der Waals surface area (Å²) in [5.74, 6) is 0.312. The maximum absolute atomic E-state index is 9.69. The summed E-state index contributed by atoms with van der Waals surface area (Å²) < 4.78 is 0. The van der Waals surface area contributed by atoms with Gasteiger partial charge in [0.15, 0.2) is 0 Å². The summed E-state index contributed by atoms with van der Waals surface area (Å²) >= 11 is 6.16. The van der Waals surface area contributed by atoms with Crippen LogP contribution in [0.1, 0.15) is 18.9 Å². The maximum Gasteiger partial charge on any atom is 0.0590 e. The highest BCUT2D eigenvalue weighted by Gasteiger charge is 2.24. The summed E-state index contributed by atoms with van der Waals surface area (Å²) in [5, 5.41) is 10.4. The number of rotatable bonds is 2. The van der Waals surface area contributed by atoms with Crippen LogP contribution in [0, 0.1) is 5.92 Å². The summed E-state index contributed by atoms with van der Waals surface area (Å²) in [7, 11) is 0. The number of nitrogens with two attached hydrogens (primary N) is 1. The number of aliphatic hydroxyl groups is 1. The molecule has 17 heavy (non-hydrogen) atoms. The first-order chi connectivity index (χ1) is 8.08. The normalized spacial score (nSPS) is 26.1. The second kappa shape index (κ2) is 5.25. The van der Waals surface area contributed by atoms with Gasteiger partial charge < -0.3 is 10.8 Å². The molecule has 0 amide bonds. The Morgan fingerprint density at radius 1 is 1.53 bits per heavy atom. The first-order valence-corrected chi connectivity index (χ1v) is 6.39. The number of nitrogen functional groups attached to an aromatic ring is 1. The Bertz CT molecular complexity index is 377. The topological polar surface area (TPSA) is 49.5 Å². The molecule has 1 aliphatic rings. The van der Waals surface area contributed by atoms with Crippen molar-refractivity contribution in [1.29, 1.82) is 0 Å². The molecule has 0 saturated carbocycles. The summed E-state index contributed by atoms with van der Waals surface area (Å²) in [4.78, 5) is 2.30. The Labute approximate surface area is 107 Å². The zero-order valence-electron chi connectivity index (χ0n) is 10.1. The minimum absolute atomic E-state index is 0.171. The molecule has 3 N–H and O–H groups in total. The molecular weight excluding hydrogens is 236 g/mol. The predicted molar refractivity (Wildman–Crippen MR) is 70.9 cm³/mol. The van der Waals surface area contributed by atoms with Crippen molar-refractivity contribution in [2.45, 2.75) is 26.0 Å². The third kappa shape index (κ3) is 2.92. The number of piperidine rings is 1. The van der Waals surface area contributed by atoms with Gasteiger partial charge >= 0.3 is 0 Å². The third-order valence-electron chi connectivity index (χ3n) is 3.48. The first-order valence-electron chi connectivity index (χ1n) is 6.01. The highest BCUT2D eigenvalue weighted by atomic mass is 35.5. The lowest BCUT2D eigenvalue weighted by Crippen LogP contribution is -2.41. The SMILES string of the molecule is CC1CN(Cc2c(N)cccc2Cl)CCC1O. The quantitative estimate of drug-likeness (QED) is 0.795. The van der Waals surface area contributed by atoms with E-state index in [1.165, 1.54) is 0 Å². The van der Waals surface area contributed by atoms with Gasteiger partial charge in [0, 0.05) is 35.9 Å². The molecule has 2 rings (SSSR count). The molecule has 1 saturated heterocycles.